The Bertz CT molecular complexity index is 429. The number of alkyl halides is 1. The predicted octanol–water partition coefficient (Wildman–Crippen LogP) is 2.65. The molecule has 0 aromatic heterocycles. The van der Waals surface area contributed by atoms with E-state index in [0.717, 1.165) is 0 Å². The molecule has 0 aliphatic heterocycles. The summed E-state index contributed by atoms with van der Waals surface area (Å²) in [6, 6.07) is 8.56. The van der Waals surface area contributed by atoms with Gasteiger partial charge in [-0.1, -0.05) is 30.3 Å². The molecule has 1 atom stereocenters. The summed E-state index contributed by atoms with van der Waals surface area (Å²) >= 11 is 11.0. The number of rotatable bonds is 6. The summed E-state index contributed by atoms with van der Waals surface area (Å²) in [5.41, 5.74) is 0.560. The monoisotopic (exact) mass is 272 g/mol. The Hall–Kier alpha value is -1.19. The van der Waals surface area contributed by atoms with E-state index in [1.54, 1.807) is 30.3 Å². The fourth-order valence-electron chi connectivity index (χ4n) is 1.25. The van der Waals surface area contributed by atoms with E-state index >= 15 is 0 Å². The molecule has 0 saturated heterocycles. The van der Waals surface area contributed by atoms with Crippen LogP contribution in [0.1, 0.15) is 23.8 Å². The molecule has 0 amide bonds. The fraction of sp³-hybridized carbons (Fsp3) is 0.250. The Morgan fingerprint density at radius 1 is 1.06 bits per heavy atom. The Balaban J connectivity index is 2.64. The minimum absolute atomic E-state index is 0.148. The van der Waals surface area contributed by atoms with Crippen LogP contribution in [0.5, 0.6) is 0 Å². The lowest BCUT2D eigenvalue weighted by atomic mass is 10.0. The summed E-state index contributed by atoms with van der Waals surface area (Å²) in [6.07, 6.45) is -0.345. The first-order valence-corrected chi connectivity index (χ1v) is 5.78. The number of hydrogen-bond acceptors (Lipinski definition) is 3. The first kappa shape index (κ1) is 13.9. The molecule has 17 heavy (non-hydrogen) atoms. The lowest BCUT2D eigenvalue weighted by Crippen LogP contribution is -2.19. The van der Waals surface area contributed by atoms with Gasteiger partial charge in [-0.25, -0.2) is 0 Å². The molecule has 0 radical (unpaired) electrons. The predicted molar refractivity (Wildman–Crippen MR) is 65.1 cm³/mol. The minimum atomic E-state index is -1.01. The number of carbonyl (C=O) groups excluding carboxylic acids is 3. The maximum absolute atomic E-state index is 11.6. The van der Waals surface area contributed by atoms with Crippen LogP contribution >= 0.6 is 23.2 Å². The summed E-state index contributed by atoms with van der Waals surface area (Å²) in [5, 5.41) is -1.65. The number of carbonyl (C=O) groups is 3. The van der Waals surface area contributed by atoms with Gasteiger partial charge < -0.3 is 0 Å². The van der Waals surface area contributed by atoms with E-state index in [4.69, 9.17) is 23.2 Å². The Kier molecular flexibility index (Phi) is 5.32. The van der Waals surface area contributed by atoms with Gasteiger partial charge in [-0.05, 0) is 17.2 Å². The fourth-order valence-corrected chi connectivity index (χ4v) is 1.61. The molecule has 0 saturated carbocycles. The van der Waals surface area contributed by atoms with Crippen LogP contribution in [0.4, 0.5) is 0 Å². The van der Waals surface area contributed by atoms with Crippen LogP contribution < -0.4 is 0 Å². The average Bonchev–Trinajstić information content (AvgIpc) is 2.35. The van der Waals surface area contributed by atoms with Crippen molar-refractivity contribution in [2.45, 2.75) is 18.2 Å². The van der Waals surface area contributed by atoms with Crippen molar-refractivity contribution < 1.29 is 14.4 Å². The Morgan fingerprint density at radius 2 is 1.65 bits per heavy atom. The summed E-state index contributed by atoms with van der Waals surface area (Å²) in [5.74, 6) is -1.39. The molecule has 0 fully saturated rings. The number of benzene rings is 1. The topological polar surface area (TPSA) is 51.2 Å². The van der Waals surface area contributed by atoms with Gasteiger partial charge in [0, 0.05) is 12.8 Å². The van der Waals surface area contributed by atoms with E-state index < -0.39 is 22.2 Å². The molecule has 5 heteroatoms. The highest BCUT2D eigenvalue weighted by Gasteiger charge is 2.24. The highest BCUT2D eigenvalue weighted by atomic mass is 35.5. The molecule has 0 N–H and O–H groups in total. The molecule has 0 aliphatic carbocycles. The first-order valence-electron chi connectivity index (χ1n) is 4.96. The molecule has 0 bridgehead atoms. The van der Waals surface area contributed by atoms with Crippen LogP contribution in [-0.2, 0) is 14.4 Å². The van der Waals surface area contributed by atoms with Gasteiger partial charge >= 0.3 is 0 Å². The van der Waals surface area contributed by atoms with Crippen molar-refractivity contribution in [3.8, 4) is 0 Å². The van der Waals surface area contributed by atoms with Crippen LogP contribution in [-0.4, -0.2) is 16.8 Å². The molecule has 1 rings (SSSR count). The molecule has 0 spiro atoms. The van der Waals surface area contributed by atoms with Gasteiger partial charge in [-0.3, -0.25) is 14.4 Å². The minimum Gasteiger partial charge on any atom is -0.291 e. The Morgan fingerprint density at radius 3 is 2.18 bits per heavy atom. The summed E-state index contributed by atoms with van der Waals surface area (Å²) in [7, 11) is 0. The van der Waals surface area contributed by atoms with E-state index in [-0.39, 0.29) is 12.8 Å². The normalized spacial score (nSPS) is 11.9. The van der Waals surface area contributed by atoms with Crippen molar-refractivity contribution in [1.82, 2.24) is 0 Å². The molecular weight excluding hydrogens is 263 g/mol. The zero-order chi connectivity index (χ0) is 12.8. The van der Waals surface area contributed by atoms with Gasteiger partial charge in [-0.15, -0.1) is 11.6 Å². The third kappa shape index (κ3) is 4.29. The smallest absolute Gasteiger partial charge is 0.222 e. The third-order valence-electron chi connectivity index (χ3n) is 2.15. The molecule has 1 aromatic rings. The molecular formula is C12H10Cl2O3. The van der Waals surface area contributed by atoms with Crippen LogP contribution in [0.2, 0.25) is 0 Å². The number of hydrogen-bond donors (Lipinski definition) is 0. The van der Waals surface area contributed by atoms with Crippen molar-refractivity contribution in [3.05, 3.63) is 35.9 Å². The summed E-state index contributed by atoms with van der Waals surface area (Å²) in [6.45, 7) is 0. The molecule has 3 nitrogen and oxygen atoms in total. The molecule has 0 heterocycles. The highest BCUT2D eigenvalue weighted by Crippen LogP contribution is 2.22. The molecule has 90 valence electrons. The van der Waals surface area contributed by atoms with Crippen LogP contribution in [0.25, 0.3) is 0 Å². The molecule has 1 aromatic carbocycles. The van der Waals surface area contributed by atoms with Crippen molar-refractivity contribution >= 4 is 40.0 Å². The van der Waals surface area contributed by atoms with Gasteiger partial charge in [-0.2, -0.15) is 0 Å². The lowest BCUT2D eigenvalue weighted by Gasteiger charge is -2.07. The number of halogens is 2. The van der Waals surface area contributed by atoms with Crippen LogP contribution in [0.15, 0.2) is 30.3 Å². The van der Waals surface area contributed by atoms with E-state index in [1.807, 2.05) is 0 Å². The van der Waals surface area contributed by atoms with E-state index in [0.29, 0.717) is 5.56 Å². The van der Waals surface area contributed by atoms with Gasteiger partial charge in [0.25, 0.3) is 0 Å². The van der Waals surface area contributed by atoms with Crippen molar-refractivity contribution in [3.63, 3.8) is 0 Å². The highest BCUT2D eigenvalue weighted by molar-refractivity contribution is 6.63. The van der Waals surface area contributed by atoms with E-state index in [1.165, 1.54) is 0 Å². The summed E-state index contributed by atoms with van der Waals surface area (Å²) < 4.78 is 0. The van der Waals surface area contributed by atoms with E-state index in [2.05, 4.69) is 0 Å². The lowest BCUT2D eigenvalue weighted by molar-refractivity contribution is -0.136. The maximum Gasteiger partial charge on any atom is 0.222 e. The van der Waals surface area contributed by atoms with Crippen molar-refractivity contribution in [2.75, 3.05) is 0 Å². The average molecular weight is 273 g/mol. The quantitative estimate of drug-likeness (QED) is 0.455. The standard InChI is InChI=1S/C12H10Cl2O3/c13-10(16)7-6-9(15)12(17)11(14)8-4-2-1-3-5-8/h1-5,11H,6-7H2. The van der Waals surface area contributed by atoms with E-state index in [9.17, 15) is 14.4 Å². The van der Waals surface area contributed by atoms with Gasteiger partial charge in [0.05, 0.1) is 0 Å². The van der Waals surface area contributed by atoms with Crippen LogP contribution in [0.3, 0.4) is 0 Å². The zero-order valence-electron chi connectivity index (χ0n) is 8.86. The van der Waals surface area contributed by atoms with Crippen molar-refractivity contribution in [2.24, 2.45) is 0 Å². The number of Topliss-reactive ketones (excluding diaryl/α,β-unsaturated/α-hetero) is 2. The first-order chi connectivity index (χ1) is 8.02. The second kappa shape index (κ2) is 6.52. The maximum atomic E-state index is 11.6. The largest absolute Gasteiger partial charge is 0.291 e. The Labute approximate surface area is 109 Å². The van der Waals surface area contributed by atoms with Gasteiger partial charge in [0.1, 0.15) is 5.38 Å². The summed E-state index contributed by atoms with van der Waals surface area (Å²) in [4.78, 5) is 33.5. The molecule has 1 unspecified atom stereocenters. The SMILES string of the molecule is O=C(Cl)CCC(=O)C(=O)C(Cl)c1ccccc1. The molecule has 0 aliphatic rings. The third-order valence-corrected chi connectivity index (χ3v) is 2.79. The second-order valence-corrected chi connectivity index (χ2v) is 4.27. The van der Waals surface area contributed by atoms with Crippen molar-refractivity contribution in [1.29, 1.82) is 0 Å². The van der Waals surface area contributed by atoms with Crippen LogP contribution in [0, 0.1) is 0 Å². The number of ketones is 2. The van der Waals surface area contributed by atoms with Gasteiger partial charge in [0.15, 0.2) is 0 Å². The zero-order valence-corrected chi connectivity index (χ0v) is 10.4. The van der Waals surface area contributed by atoms with Gasteiger partial charge in [0.2, 0.25) is 16.8 Å². The second-order valence-electron chi connectivity index (χ2n) is 3.42.